The van der Waals surface area contributed by atoms with Crippen LogP contribution in [0.2, 0.25) is 0 Å². The molecule has 14 rings (SSSR count). The molecule has 3 nitrogen and oxygen atoms in total. The highest BCUT2D eigenvalue weighted by Crippen LogP contribution is 2.48. The van der Waals surface area contributed by atoms with Crippen molar-refractivity contribution in [1.82, 2.24) is 0 Å². The third kappa shape index (κ3) is 7.29. The van der Waals surface area contributed by atoms with Gasteiger partial charge in [-0.2, -0.15) is 0 Å². The van der Waals surface area contributed by atoms with E-state index in [-0.39, 0.29) is 0 Å². The summed E-state index contributed by atoms with van der Waals surface area (Å²) in [4.78, 5) is 7.27. The molecule has 11 aromatic carbocycles. The fraction of sp³-hybridized carbons (Fsp3) is 0.0435. The van der Waals surface area contributed by atoms with E-state index in [0.29, 0.717) is 0 Å². The maximum Gasteiger partial charge on any atom is 0.0488 e. The normalized spacial score (nSPS) is 12.3. The Kier molecular flexibility index (Phi) is 10.1. The van der Waals surface area contributed by atoms with Gasteiger partial charge in [-0.05, 0) is 200 Å². The van der Waals surface area contributed by atoms with Crippen LogP contribution in [0.3, 0.4) is 0 Å². The highest BCUT2D eigenvalue weighted by Gasteiger charge is 2.26. The zero-order chi connectivity index (χ0) is 47.5. The van der Waals surface area contributed by atoms with Crippen molar-refractivity contribution < 1.29 is 0 Å². The van der Waals surface area contributed by atoms with Crippen molar-refractivity contribution in [3.63, 3.8) is 0 Å². The van der Waals surface area contributed by atoms with E-state index in [4.69, 9.17) is 0 Å². The standard InChI is InChI=1S/C69H49N3/c1-4-19-55(20-5-1)70(59-32-35-67-52(43-59)38-48-16-10-13-25-64(48)67)58-30-28-47(29-31-58)51-41-62(71(56-21-6-2-7-22-56)60-33-36-68-53(44-60)39-49-17-11-14-26-65(49)68)46-63(42-51)72(57-23-8-3-9-24-57)61-34-37-69-54(45-61)40-50-18-12-15-27-66(50)69/h1-37,41-46H,38-40H2. The second-order valence-corrected chi connectivity index (χ2v) is 19.3. The number of para-hydroxylation sites is 3. The first kappa shape index (κ1) is 41.8. The molecular weight excluding hydrogens is 871 g/mol. The minimum Gasteiger partial charge on any atom is -0.310 e. The number of hydrogen-bond acceptors (Lipinski definition) is 3. The molecule has 0 aliphatic heterocycles. The van der Waals surface area contributed by atoms with Crippen molar-refractivity contribution in [2.45, 2.75) is 19.3 Å². The molecule has 0 spiro atoms. The smallest absolute Gasteiger partial charge is 0.0488 e. The number of hydrogen-bond donors (Lipinski definition) is 0. The van der Waals surface area contributed by atoms with E-state index < -0.39 is 0 Å². The van der Waals surface area contributed by atoms with Gasteiger partial charge in [0.25, 0.3) is 0 Å². The SMILES string of the molecule is c1ccc(N(c2ccc(-c3cc(N(c4ccccc4)c4ccc5c(c4)Cc4ccccc4-5)cc(N(c4ccccc4)c4ccc5c(c4)Cc4ccccc4-5)c3)cc2)c2ccc3c(c2)Cc2ccccc2-3)cc1. The highest BCUT2D eigenvalue weighted by atomic mass is 15.2. The summed E-state index contributed by atoms with van der Waals surface area (Å²) in [5, 5.41) is 0. The Bertz CT molecular complexity index is 3680. The van der Waals surface area contributed by atoms with Gasteiger partial charge >= 0.3 is 0 Å². The zero-order valence-electron chi connectivity index (χ0n) is 39.8. The summed E-state index contributed by atoms with van der Waals surface area (Å²) in [6.07, 6.45) is 2.78. The molecule has 0 aromatic heterocycles. The van der Waals surface area contributed by atoms with Crippen LogP contribution < -0.4 is 14.7 Å². The minimum absolute atomic E-state index is 0.919. The minimum atomic E-state index is 0.919. The number of fused-ring (bicyclic) bond motifs is 9. The molecule has 3 heteroatoms. The maximum atomic E-state index is 2.44. The first-order valence-corrected chi connectivity index (χ1v) is 25.1. The molecule has 11 aromatic rings. The van der Waals surface area contributed by atoms with Crippen molar-refractivity contribution >= 4 is 51.2 Å². The van der Waals surface area contributed by atoms with Gasteiger partial charge in [-0.15, -0.1) is 0 Å². The molecule has 0 fully saturated rings. The van der Waals surface area contributed by atoms with E-state index in [1.165, 1.54) is 66.8 Å². The molecule has 72 heavy (non-hydrogen) atoms. The molecule has 0 unspecified atom stereocenters. The lowest BCUT2D eigenvalue weighted by Crippen LogP contribution is -2.14. The Morgan fingerprint density at radius 2 is 0.472 bits per heavy atom. The van der Waals surface area contributed by atoms with Gasteiger partial charge in [0.1, 0.15) is 0 Å². The van der Waals surface area contributed by atoms with Gasteiger partial charge < -0.3 is 14.7 Å². The Morgan fingerprint density at radius 1 is 0.181 bits per heavy atom. The summed E-state index contributed by atoms with van der Waals surface area (Å²) in [5.74, 6) is 0. The van der Waals surface area contributed by atoms with Crippen LogP contribution in [0.5, 0.6) is 0 Å². The Morgan fingerprint density at radius 3 is 0.847 bits per heavy atom. The van der Waals surface area contributed by atoms with E-state index >= 15 is 0 Å². The Hall–Kier alpha value is -9.18. The van der Waals surface area contributed by atoms with Gasteiger partial charge in [-0.3, -0.25) is 0 Å². The summed E-state index contributed by atoms with van der Waals surface area (Å²) in [6, 6.07) is 96.3. The lowest BCUT2D eigenvalue weighted by molar-refractivity contribution is 1.22. The molecule has 0 heterocycles. The summed E-state index contributed by atoms with van der Waals surface area (Å²) >= 11 is 0. The van der Waals surface area contributed by atoms with Gasteiger partial charge in [0.15, 0.2) is 0 Å². The Balaban J connectivity index is 0.928. The number of rotatable bonds is 10. The van der Waals surface area contributed by atoms with Gasteiger partial charge in [-0.25, -0.2) is 0 Å². The Labute approximate surface area is 421 Å². The van der Waals surface area contributed by atoms with Crippen LogP contribution in [0.25, 0.3) is 44.5 Å². The number of nitrogens with zero attached hydrogens (tertiary/aromatic N) is 3. The maximum absolute atomic E-state index is 2.44. The third-order valence-electron chi connectivity index (χ3n) is 15.0. The van der Waals surface area contributed by atoms with Gasteiger partial charge in [-0.1, -0.05) is 158 Å². The average Bonchev–Trinajstić information content (AvgIpc) is 4.13. The van der Waals surface area contributed by atoms with Crippen molar-refractivity contribution in [3.8, 4) is 44.5 Å². The van der Waals surface area contributed by atoms with Crippen LogP contribution in [0.15, 0.2) is 261 Å². The fourth-order valence-electron chi connectivity index (χ4n) is 11.7. The largest absolute Gasteiger partial charge is 0.310 e. The van der Waals surface area contributed by atoms with Crippen LogP contribution in [0, 0.1) is 0 Å². The zero-order valence-corrected chi connectivity index (χ0v) is 39.8. The summed E-state index contributed by atoms with van der Waals surface area (Å²) in [7, 11) is 0. The molecule has 0 amide bonds. The molecular formula is C69H49N3. The van der Waals surface area contributed by atoms with E-state index in [0.717, 1.165) is 81.6 Å². The van der Waals surface area contributed by atoms with Crippen LogP contribution in [-0.2, 0) is 19.3 Å². The second-order valence-electron chi connectivity index (χ2n) is 19.3. The molecule has 0 radical (unpaired) electrons. The average molecular weight is 920 g/mol. The second kappa shape index (κ2) is 17.3. The topological polar surface area (TPSA) is 9.72 Å². The van der Waals surface area contributed by atoms with E-state index in [1.54, 1.807) is 0 Å². The summed E-state index contributed by atoms with van der Waals surface area (Å²) in [5.41, 5.74) is 28.4. The van der Waals surface area contributed by atoms with Crippen LogP contribution in [0.4, 0.5) is 51.2 Å². The molecule has 0 atom stereocenters. The highest BCUT2D eigenvalue weighted by molar-refractivity contribution is 5.91. The number of anilines is 9. The lowest BCUT2D eigenvalue weighted by Gasteiger charge is -2.31. The molecule has 3 aliphatic carbocycles. The van der Waals surface area contributed by atoms with Crippen molar-refractivity contribution in [2.24, 2.45) is 0 Å². The monoisotopic (exact) mass is 919 g/mol. The molecule has 0 bridgehead atoms. The van der Waals surface area contributed by atoms with Crippen molar-refractivity contribution in [2.75, 3.05) is 14.7 Å². The first-order chi connectivity index (χ1) is 35.7. The van der Waals surface area contributed by atoms with Crippen LogP contribution in [0.1, 0.15) is 33.4 Å². The summed E-state index contributed by atoms with van der Waals surface area (Å²) in [6.45, 7) is 0. The third-order valence-corrected chi connectivity index (χ3v) is 15.0. The quantitative estimate of drug-likeness (QED) is 0.135. The molecule has 0 saturated heterocycles. The first-order valence-electron chi connectivity index (χ1n) is 25.1. The van der Waals surface area contributed by atoms with Gasteiger partial charge in [0, 0.05) is 51.2 Å². The molecule has 0 saturated carbocycles. The van der Waals surface area contributed by atoms with Crippen molar-refractivity contribution in [3.05, 3.63) is 294 Å². The van der Waals surface area contributed by atoms with Gasteiger partial charge in [0.2, 0.25) is 0 Å². The fourth-order valence-corrected chi connectivity index (χ4v) is 11.7. The van der Waals surface area contributed by atoms with Crippen molar-refractivity contribution in [1.29, 1.82) is 0 Å². The number of benzene rings is 11. The van der Waals surface area contributed by atoms with E-state index in [9.17, 15) is 0 Å². The molecule has 340 valence electrons. The van der Waals surface area contributed by atoms with E-state index in [1.807, 2.05) is 0 Å². The predicted octanol–water partition coefficient (Wildman–Crippen LogP) is 18.5. The van der Waals surface area contributed by atoms with Gasteiger partial charge in [0.05, 0.1) is 0 Å². The molecule has 0 N–H and O–H groups in total. The molecule has 3 aliphatic rings. The predicted molar refractivity (Wildman–Crippen MR) is 301 cm³/mol. The summed E-state index contributed by atoms with van der Waals surface area (Å²) < 4.78 is 0. The van der Waals surface area contributed by atoms with Crippen LogP contribution >= 0.6 is 0 Å². The van der Waals surface area contributed by atoms with Crippen LogP contribution in [-0.4, -0.2) is 0 Å². The van der Waals surface area contributed by atoms with E-state index in [2.05, 4.69) is 276 Å². The lowest BCUT2D eigenvalue weighted by atomic mass is 10.00.